The minimum Gasteiger partial charge on any atom is -0.506 e. The molecule has 4 aliphatic carbocycles. The second-order valence-corrected chi connectivity index (χ2v) is 8.57. The van der Waals surface area contributed by atoms with Gasteiger partial charge in [-0.1, -0.05) is 6.92 Å². The maximum Gasteiger partial charge on any atom is 0.141 e. The zero-order chi connectivity index (χ0) is 16.2. The molecule has 126 valence electrons. The Kier molecular flexibility index (Phi) is 3.67. The van der Waals surface area contributed by atoms with Crippen LogP contribution in [0.15, 0.2) is 6.07 Å². The van der Waals surface area contributed by atoms with Crippen molar-refractivity contribution < 1.29 is 5.11 Å². The summed E-state index contributed by atoms with van der Waals surface area (Å²) < 4.78 is 0. The molecule has 0 saturated heterocycles. The highest BCUT2D eigenvalue weighted by Gasteiger charge is 2.52. The summed E-state index contributed by atoms with van der Waals surface area (Å²) in [5.74, 6) is 3.31. The van der Waals surface area contributed by atoms with Gasteiger partial charge < -0.3 is 5.11 Å². The van der Waals surface area contributed by atoms with E-state index in [0.29, 0.717) is 11.3 Å². The van der Waals surface area contributed by atoms with E-state index < -0.39 is 0 Å². The average Bonchev–Trinajstić information content (AvgIpc) is 2.49. The van der Waals surface area contributed by atoms with E-state index in [1.165, 1.54) is 38.5 Å². The topological polar surface area (TPSA) is 36.4 Å². The first-order chi connectivity index (χ1) is 11.0. The van der Waals surface area contributed by atoms with Crippen molar-refractivity contribution in [1.29, 1.82) is 0 Å². The third-order valence-electron chi connectivity index (χ3n) is 6.83. The molecule has 1 heterocycles. The maximum absolute atomic E-state index is 10.6. The second kappa shape index (κ2) is 5.47. The molecule has 0 radical (unpaired) electrons. The Morgan fingerprint density at radius 2 is 1.74 bits per heavy atom. The fraction of sp³-hybridized carbons (Fsp3) is 0.750. The van der Waals surface area contributed by atoms with Gasteiger partial charge in [-0.05, 0) is 82.7 Å². The third-order valence-corrected chi connectivity index (χ3v) is 6.83. The monoisotopic (exact) mass is 314 g/mol. The number of rotatable bonds is 4. The maximum atomic E-state index is 10.6. The Hall–Kier alpha value is -1.09. The van der Waals surface area contributed by atoms with Crippen molar-refractivity contribution in [3.8, 4) is 5.75 Å². The van der Waals surface area contributed by atoms with Crippen molar-refractivity contribution in [2.24, 2.45) is 17.8 Å². The first kappa shape index (κ1) is 15.4. The summed E-state index contributed by atoms with van der Waals surface area (Å²) in [4.78, 5) is 7.06. The van der Waals surface area contributed by atoms with Crippen LogP contribution >= 0.6 is 0 Å². The molecule has 0 spiro atoms. The van der Waals surface area contributed by atoms with Crippen molar-refractivity contribution >= 4 is 0 Å². The quantitative estimate of drug-likeness (QED) is 0.910. The molecule has 1 aromatic heterocycles. The standard InChI is InChI=1S/C20H30N2O/c1-4-18-19(23)17(5-13(2)21-18)12-22(3)20-9-14-6-15(10-20)8-16(7-14)11-20/h5,14-16,23H,4,6-12H2,1-3H3. The summed E-state index contributed by atoms with van der Waals surface area (Å²) >= 11 is 0. The SMILES string of the molecule is CCc1nc(C)cc(CN(C)C23CC4CC(CC(C4)C2)C3)c1O. The van der Waals surface area contributed by atoms with E-state index in [0.717, 1.165) is 47.7 Å². The van der Waals surface area contributed by atoms with Crippen molar-refractivity contribution in [2.75, 3.05) is 7.05 Å². The number of hydrogen-bond donors (Lipinski definition) is 1. The minimum absolute atomic E-state index is 0.394. The van der Waals surface area contributed by atoms with E-state index in [2.05, 4.69) is 29.9 Å². The Morgan fingerprint density at radius 1 is 1.17 bits per heavy atom. The molecule has 4 aliphatic rings. The zero-order valence-corrected chi connectivity index (χ0v) is 14.8. The van der Waals surface area contributed by atoms with Gasteiger partial charge in [0.1, 0.15) is 5.75 Å². The van der Waals surface area contributed by atoms with E-state index in [1.807, 2.05) is 6.92 Å². The first-order valence-corrected chi connectivity index (χ1v) is 9.38. The van der Waals surface area contributed by atoms with Gasteiger partial charge in [-0.15, -0.1) is 0 Å². The summed E-state index contributed by atoms with van der Waals surface area (Å²) in [6.45, 7) is 4.95. The molecule has 5 rings (SSSR count). The zero-order valence-electron chi connectivity index (χ0n) is 14.8. The predicted molar refractivity (Wildman–Crippen MR) is 92.4 cm³/mol. The molecule has 1 N–H and O–H groups in total. The van der Waals surface area contributed by atoms with Crippen LogP contribution < -0.4 is 0 Å². The Morgan fingerprint density at radius 3 is 2.26 bits per heavy atom. The highest BCUT2D eigenvalue weighted by atomic mass is 16.3. The molecule has 23 heavy (non-hydrogen) atoms. The number of aryl methyl sites for hydroxylation is 2. The first-order valence-electron chi connectivity index (χ1n) is 9.38. The van der Waals surface area contributed by atoms with Gasteiger partial charge in [0.25, 0.3) is 0 Å². The Bertz CT molecular complexity index is 575. The van der Waals surface area contributed by atoms with E-state index in [-0.39, 0.29) is 0 Å². The largest absolute Gasteiger partial charge is 0.506 e. The van der Waals surface area contributed by atoms with Crippen LogP contribution in [0.5, 0.6) is 5.75 Å². The van der Waals surface area contributed by atoms with E-state index in [9.17, 15) is 5.11 Å². The molecule has 3 nitrogen and oxygen atoms in total. The Labute approximate surface area is 140 Å². The second-order valence-electron chi connectivity index (χ2n) is 8.57. The molecule has 0 aliphatic heterocycles. The molecule has 4 fully saturated rings. The van der Waals surface area contributed by atoms with Gasteiger partial charge >= 0.3 is 0 Å². The molecular formula is C20H30N2O. The smallest absolute Gasteiger partial charge is 0.141 e. The lowest BCUT2D eigenvalue weighted by Crippen LogP contribution is -2.58. The minimum atomic E-state index is 0.394. The fourth-order valence-corrected chi connectivity index (χ4v) is 6.13. The van der Waals surface area contributed by atoms with Gasteiger partial charge in [0.15, 0.2) is 0 Å². The highest BCUT2D eigenvalue weighted by Crippen LogP contribution is 2.57. The molecule has 0 amide bonds. The summed E-state index contributed by atoms with van der Waals surface area (Å²) in [6, 6.07) is 2.07. The predicted octanol–water partition coefficient (Wildman–Crippen LogP) is 4.06. The molecule has 4 bridgehead atoms. The van der Waals surface area contributed by atoms with E-state index in [4.69, 9.17) is 0 Å². The van der Waals surface area contributed by atoms with Gasteiger partial charge in [-0.3, -0.25) is 9.88 Å². The van der Waals surface area contributed by atoms with Crippen molar-refractivity contribution in [3.05, 3.63) is 23.0 Å². The van der Waals surface area contributed by atoms with Crippen LogP contribution in [0.1, 0.15) is 62.4 Å². The van der Waals surface area contributed by atoms with Crippen LogP contribution in [0.25, 0.3) is 0 Å². The summed E-state index contributed by atoms with van der Waals surface area (Å²) in [7, 11) is 2.29. The number of aromatic nitrogens is 1. The lowest BCUT2D eigenvalue weighted by atomic mass is 9.52. The lowest BCUT2D eigenvalue weighted by Gasteiger charge is -2.60. The number of nitrogens with zero attached hydrogens (tertiary/aromatic N) is 2. The average molecular weight is 314 g/mol. The van der Waals surface area contributed by atoms with Gasteiger partial charge in [-0.25, -0.2) is 0 Å². The number of hydrogen-bond acceptors (Lipinski definition) is 3. The highest BCUT2D eigenvalue weighted by molar-refractivity contribution is 5.38. The van der Waals surface area contributed by atoms with Crippen LogP contribution in [0.2, 0.25) is 0 Å². The van der Waals surface area contributed by atoms with Gasteiger partial charge in [-0.2, -0.15) is 0 Å². The molecule has 1 aromatic rings. The lowest BCUT2D eigenvalue weighted by molar-refractivity contribution is -0.0823. The fourth-order valence-electron chi connectivity index (χ4n) is 6.13. The summed E-state index contributed by atoms with van der Waals surface area (Å²) in [6.07, 6.45) is 9.36. The van der Waals surface area contributed by atoms with Crippen molar-refractivity contribution in [1.82, 2.24) is 9.88 Å². The van der Waals surface area contributed by atoms with Crippen LogP contribution in [-0.2, 0) is 13.0 Å². The van der Waals surface area contributed by atoms with Crippen LogP contribution in [0.4, 0.5) is 0 Å². The van der Waals surface area contributed by atoms with E-state index >= 15 is 0 Å². The normalized spacial score (nSPS) is 35.2. The van der Waals surface area contributed by atoms with Gasteiger partial charge in [0, 0.05) is 23.3 Å². The number of pyridine rings is 1. The molecule has 0 unspecified atom stereocenters. The van der Waals surface area contributed by atoms with E-state index in [1.54, 1.807) is 0 Å². The summed E-state index contributed by atoms with van der Waals surface area (Å²) in [5.41, 5.74) is 3.32. The molecule has 0 aromatic carbocycles. The molecule has 3 heteroatoms. The summed E-state index contributed by atoms with van der Waals surface area (Å²) in [5, 5.41) is 10.6. The van der Waals surface area contributed by atoms with Crippen LogP contribution in [-0.4, -0.2) is 27.6 Å². The third kappa shape index (κ3) is 2.57. The van der Waals surface area contributed by atoms with Crippen LogP contribution in [0, 0.1) is 24.7 Å². The molecular weight excluding hydrogens is 284 g/mol. The van der Waals surface area contributed by atoms with Crippen LogP contribution in [0.3, 0.4) is 0 Å². The molecule has 4 saturated carbocycles. The number of aromatic hydroxyl groups is 1. The Balaban J connectivity index is 1.59. The van der Waals surface area contributed by atoms with Crippen molar-refractivity contribution in [3.63, 3.8) is 0 Å². The van der Waals surface area contributed by atoms with Crippen molar-refractivity contribution in [2.45, 2.75) is 70.9 Å². The van der Waals surface area contributed by atoms with Gasteiger partial charge in [0.2, 0.25) is 0 Å². The van der Waals surface area contributed by atoms with Gasteiger partial charge in [0.05, 0.1) is 5.69 Å². The molecule has 0 atom stereocenters.